The number of aromatic nitrogens is 2. The number of rotatable bonds is 2. The highest BCUT2D eigenvalue weighted by atomic mass is 16.4. The summed E-state index contributed by atoms with van der Waals surface area (Å²) in [5, 5.41) is 18.4. The number of hydrogen-bond donors (Lipinski definition) is 3. The van der Waals surface area contributed by atoms with E-state index in [0.29, 0.717) is 16.9 Å². The lowest BCUT2D eigenvalue weighted by atomic mass is 10.2. The van der Waals surface area contributed by atoms with Crippen molar-refractivity contribution in [2.24, 2.45) is 0 Å². The summed E-state index contributed by atoms with van der Waals surface area (Å²) >= 11 is 0. The molecule has 1 heterocycles. The molecule has 1 aromatic heterocycles. The number of benzene rings is 1. The lowest BCUT2D eigenvalue weighted by Gasteiger charge is -1.97. The fourth-order valence-corrected chi connectivity index (χ4v) is 1.56. The van der Waals surface area contributed by atoms with Gasteiger partial charge in [-0.25, -0.2) is 9.78 Å². The smallest absolute Gasteiger partial charge is 0.338 e. The Bertz CT molecular complexity index is 558. The highest BCUT2D eigenvalue weighted by molar-refractivity contribution is 6.01. The van der Waals surface area contributed by atoms with Crippen LogP contribution in [0.15, 0.2) is 12.1 Å². The summed E-state index contributed by atoms with van der Waals surface area (Å²) in [5.41, 5.74) is 0.938. The van der Waals surface area contributed by atoms with Gasteiger partial charge in [0.1, 0.15) is 17.1 Å². The molecule has 0 bridgehead atoms. The molecule has 5 nitrogen and oxygen atoms in total. The second-order valence-electron chi connectivity index (χ2n) is 3.97. The number of phenolic OH excluding ortho intramolecular Hbond substituents is 1. The minimum atomic E-state index is -1.09. The molecule has 5 heteroatoms. The monoisotopic (exact) mass is 220 g/mol. The first-order valence-electron chi connectivity index (χ1n) is 4.95. The number of aromatic hydroxyl groups is 1. The molecule has 0 unspecified atom stereocenters. The van der Waals surface area contributed by atoms with Crippen molar-refractivity contribution < 1.29 is 15.0 Å². The molecule has 2 rings (SSSR count). The molecule has 84 valence electrons. The number of carboxylic acid groups (broad SMARTS) is 1. The van der Waals surface area contributed by atoms with E-state index in [-0.39, 0.29) is 17.2 Å². The largest absolute Gasteiger partial charge is 0.508 e. The van der Waals surface area contributed by atoms with Crippen LogP contribution in [0.2, 0.25) is 0 Å². The summed E-state index contributed by atoms with van der Waals surface area (Å²) in [6, 6.07) is 2.68. The van der Waals surface area contributed by atoms with Gasteiger partial charge in [-0.2, -0.15) is 0 Å². The van der Waals surface area contributed by atoms with Crippen LogP contribution in [-0.2, 0) is 0 Å². The van der Waals surface area contributed by atoms with Crippen molar-refractivity contribution in [3.05, 3.63) is 23.5 Å². The maximum Gasteiger partial charge on any atom is 0.338 e. The minimum absolute atomic E-state index is 0.0122. The average Bonchev–Trinajstić information content (AvgIpc) is 2.59. The fourth-order valence-electron chi connectivity index (χ4n) is 1.56. The third-order valence-electron chi connectivity index (χ3n) is 2.37. The molecule has 0 aliphatic heterocycles. The Morgan fingerprint density at radius 3 is 2.69 bits per heavy atom. The van der Waals surface area contributed by atoms with Crippen molar-refractivity contribution in [1.29, 1.82) is 0 Å². The zero-order valence-corrected chi connectivity index (χ0v) is 8.98. The Hall–Kier alpha value is -2.04. The first-order chi connectivity index (χ1) is 7.49. The first-order valence-corrected chi connectivity index (χ1v) is 4.95. The second kappa shape index (κ2) is 3.52. The van der Waals surface area contributed by atoms with Crippen molar-refractivity contribution in [3.63, 3.8) is 0 Å². The Morgan fingerprint density at radius 2 is 2.12 bits per heavy atom. The topological polar surface area (TPSA) is 86.2 Å². The Kier molecular flexibility index (Phi) is 2.30. The Balaban J connectivity index is 2.75. The van der Waals surface area contributed by atoms with Gasteiger partial charge in [0.05, 0.1) is 11.1 Å². The van der Waals surface area contributed by atoms with E-state index < -0.39 is 5.97 Å². The number of nitrogens with one attached hydrogen (secondary N) is 1. The summed E-state index contributed by atoms with van der Waals surface area (Å²) in [7, 11) is 0. The maximum absolute atomic E-state index is 11.0. The van der Waals surface area contributed by atoms with Gasteiger partial charge in [-0.1, -0.05) is 13.8 Å². The van der Waals surface area contributed by atoms with Crippen molar-refractivity contribution in [1.82, 2.24) is 9.97 Å². The van der Waals surface area contributed by atoms with Crippen molar-refractivity contribution in [3.8, 4) is 5.75 Å². The summed E-state index contributed by atoms with van der Waals surface area (Å²) < 4.78 is 0. The number of phenols is 1. The quantitative estimate of drug-likeness (QED) is 0.723. The number of hydrogen-bond acceptors (Lipinski definition) is 3. The van der Waals surface area contributed by atoms with Gasteiger partial charge in [0.15, 0.2) is 0 Å². The molecule has 0 amide bonds. The van der Waals surface area contributed by atoms with Crippen LogP contribution in [-0.4, -0.2) is 26.2 Å². The fraction of sp³-hybridized carbons (Fsp3) is 0.273. The summed E-state index contributed by atoms with van der Waals surface area (Å²) in [4.78, 5) is 18.2. The van der Waals surface area contributed by atoms with E-state index >= 15 is 0 Å². The molecule has 0 aliphatic rings. The van der Waals surface area contributed by atoms with Gasteiger partial charge in [-0.3, -0.25) is 0 Å². The van der Waals surface area contributed by atoms with Crippen molar-refractivity contribution in [2.45, 2.75) is 19.8 Å². The molecule has 16 heavy (non-hydrogen) atoms. The maximum atomic E-state index is 11.0. The van der Waals surface area contributed by atoms with E-state index in [4.69, 9.17) is 5.11 Å². The van der Waals surface area contributed by atoms with Crippen molar-refractivity contribution >= 4 is 17.0 Å². The minimum Gasteiger partial charge on any atom is -0.508 e. The van der Waals surface area contributed by atoms with E-state index in [9.17, 15) is 9.90 Å². The van der Waals surface area contributed by atoms with Crippen LogP contribution in [0.1, 0.15) is 35.9 Å². The molecule has 2 aromatic rings. The van der Waals surface area contributed by atoms with Gasteiger partial charge in [0.2, 0.25) is 0 Å². The average molecular weight is 220 g/mol. The summed E-state index contributed by atoms with van der Waals surface area (Å²) in [5.74, 6) is -0.286. The van der Waals surface area contributed by atoms with Crippen LogP contribution < -0.4 is 0 Å². The second-order valence-corrected chi connectivity index (χ2v) is 3.97. The molecule has 0 aliphatic carbocycles. The molecule has 0 fully saturated rings. The number of carboxylic acids is 1. The predicted octanol–water partition coefficient (Wildman–Crippen LogP) is 2.09. The highest BCUT2D eigenvalue weighted by Gasteiger charge is 2.15. The lowest BCUT2D eigenvalue weighted by Crippen LogP contribution is -1.97. The van der Waals surface area contributed by atoms with Crippen LogP contribution in [0.4, 0.5) is 0 Å². The number of aromatic amines is 1. The molecule has 1 aromatic carbocycles. The Morgan fingerprint density at radius 1 is 1.44 bits per heavy atom. The van der Waals surface area contributed by atoms with Gasteiger partial charge in [0, 0.05) is 12.0 Å². The highest BCUT2D eigenvalue weighted by Crippen LogP contribution is 2.25. The number of H-pyrrole nitrogens is 1. The van der Waals surface area contributed by atoms with Gasteiger partial charge in [-0.05, 0) is 6.07 Å². The number of aromatic carboxylic acids is 1. The van der Waals surface area contributed by atoms with E-state index in [1.165, 1.54) is 12.1 Å². The van der Waals surface area contributed by atoms with Crippen LogP contribution in [0.5, 0.6) is 5.75 Å². The molecule has 3 N–H and O–H groups in total. The van der Waals surface area contributed by atoms with Crippen LogP contribution in [0, 0.1) is 0 Å². The van der Waals surface area contributed by atoms with Crippen LogP contribution in [0.3, 0.4) is 0 Å². The zero-order chi connectivity index (χ0) is 11.9. The molecule has 0 atom stereocenters. The van der Waals surface area contributed by atoms with Crippen LogP contribution in [0.25, 0.3) is 11.0 Å². The lowest BCUT2D eigenvalue weighted by molar-refractivity contribution is 0.0698. The number of imidazole rings is 1. The van der Waals surface area contributed by atoms with Crippen LogP contribution >= 0.6 is 0 Å². The van der Waals surface area contributed by atoms with E-state index in [2.05, 4.69) is 9.97 Å². The standard InChI is InChI=1S/C11H12N2O3/c1-5(2)10-12-8-4-6(14)3-7(11(15)16)9(8)13-10/h3-5,14H,1-2H3,(H,12,13)(H,15,16). The van der Waals surface area contributed by atoms with Gasteiger partial charge in [-0.15, -0.1) is 0 Å². The molecule has 0 saturated carbocycles. The van der Waals surface area contributed by atoms with E-state index in [1.54, 1.807) is 0 Å². The number of nitrogens with zero attached hydrogens (tertiary/aromatic N) is 1. The summed E-state index contributed by atoms with van der Waals surface area (Å²) in [6.07, 6.45) is 0. The Labute approximate surface area is 91.8 Å². The number of carbonyl (C=O) groups is 1. The van der Waals surface area contributed by atoms with E-state index in [1.807, 2.05) is 13.8 Å². The van der Waals surface area contributed by atoms with Gasteiger partial charge < -0.3 is 15.2 Å². The van der Waals surface area contributed by atoms with Crippen molar-refractivity contribution in [2.75, 3.05) is 0 Å². The third kappa shape index (κ3) is 1.60. The number of fused-ring (bicyclic) bond motifs is 1. The molecular weight excluding hydrogens is 208 g/mol. The van der Waals surface area contributed by atoms with Gasteiger partial charge >= 0.3 is 5.97 Å². The zero-order valence-electron chi connectivity index (χ0n) is 8.98. The predicted molar refractivity (Wildman–Crippen MR) is 58.8 cm³/mol. The molecular formula is C11H12N2O3. The van der Waals surface area contributed by atoms with Gasteiger partial charge in [0.25, 0.3) is 0 Å². The summed E-state index contributed by atoms with van der Waals surface area (Å²) in [6.45, 7) is 3.91. The third-order valence-corrected chi connectivity index (χ3v) is 2.37. The normalized spacial score (nSPS) is 11.2. The molecule has 0 spiro atoms. The SMILES string of the molecule is CC(C)c1nc2c(C(=O)O)cc(O)cc2[nH]1. The van der Waals surface area contributed by atoms with E-state index in [0.717, 1.165) is 0 Å². The first kappa shape index (κ1) is 10.5. The molecule has 0 saturated heterocycles. The molecule has 0 radical (unpaired) electrons.